The Labute approximate surface area is 123 Å². The van der Waals surface area contributed by atoms with Crippen LogP contribution in [0.5, 0.6) is 0 Å². The number of aromatic nitrogens is 1. The predicted molar refractivity (Wildman–Crippen MR) is 85.5 cm³/mol. The van der Waals surface area contributed by atoms with E-state index in [9.17, 15) is 4.79 Å². The summed E-state index contributed by atoms with van der Waals surface area (Å²) in [6.45, 7) is 2.07. The van der Waals surface area contributed by atoms with Crippen molar-refractivity contribution in [3.05, 3.63) is 72.1 Å². The summed E-state index contributed by atoms with van der Waals surface area (Å²) in [5.74, 6) is -0.173. The third-order valence-corrected chi connectivity index (χ3v) is 3.54. The highest BCUT2D eigenvalue weighted by Gasteiger charge is 2.12. The van der Waals surface area contributed by atoms with Crippen LogP contribution in [0.15, 0.2) is 60.8 Å². The van der Waals surface area contributed by atoms with Crippen molar-refractivity contribution >= 4 is 22.4 Å². The van der Waals surface area contributed by atoms with Gasteiger partial charge in [-0.2, -0.15) is 0 Å². The molecule has 21 heavy (non-hydrogen) atoms. The van der Waals surface area contributed by atoms with Gasteiger partial charge in [0.1, 0.15) is 5.69 Å². The summed E-state index contributed by atoms with van der Waals surface area (Å²) in [5, 5.41) is 4.85. The standard InChI is InChI=1S/C18H16N2O/c1-2-13-7-4-6-10-16(13)20-18(21)17-15-9-5-3-8-14(15)11-12-19-17/h3-12H,2H2,1H3,(H,20,21). The maximum Gasteiger partial charge on any atom is 0.274 e. The van der Waals surface area contributed by atoms with Crippen LogP contribution in [0.1, 0.15) is 23.0 Å². The number of hydrogen-bond acceptors (Lipinski definition) is 2. The van der Waals surface area contributed by atoms with Crippen LogP contribution in [-0.4, -0.2) is 10.9 Å². The molecule has 3 nitrogen and oxygen atoms in total. The molecule has 3 heteroatoms. The molecule has 0 radical (unpaired) electrons. The van der Waals surface area contributed by atoms with Crippen molar-refractivity contribution in [1.82, 2.24) is 4.98 Å². The van der Waals surface area contributed by atoms with Crippen molar-refractivity contribution in [2.45, 2.75) is 13.3 Å². The Morgan fingerprint density at radius 1 is 1.05 bits per heavy atom. The van der Waals surface area contributed by atoms with E-state index in [2.05, 4.69) is 17.2 Å². The Kier molecular flexibility index (Phi) is 3.65. The van der Waals surface area contributed by atoms with Crippen LogP contribution in [0, 0.1) is 0 Å². The Morgan fingerprint density at radius 3 is 2.67 bits per heavy atom. The Balaban J connectivity index is 1.98. The van der Waals surface area contributed by atoms with Crippen LogP contribution in [-0.2, 0) is 6.42 Å². The van der Waals surface area contributed by atoms with Crippen LogP contribution in [0.2, 0.25) is 0 Å². The van der Waals surface area contributed by atoms with Crippen LogP contribution < -0.4 is 5.32 Å². The van der Waals surface area contributed by atoms with Gasteiger partial charge in [0.2, 0.25) is 0 Å². The summed E-state index contributed by atoms with van der Waals surface area (Å²) >= 11 is 0. The maximum absolute atomic E-state index is 12.5. The van der Waals surface area contributed by atoms with Crippen molar-refractivity contribution in [3.63, 3.8) is 0 Å². The number of carbonyl (C=O) groups is 1. The highest BCUT2D eigenvalue weighted by Crippen LogP contribution is 2.20. The molecule has 3 aromatic rings. The van der Waals surface area contributed by atoms with E-state index in [1.807, 2.05) is 54.6 Å². The molecule has 1 amide bonds. The SMILES string of the molecule is CCc1ccccc1NC(=O)c1nccc2ccccc12. The second kappa shape index (κ2) is 5.75. The van der Waals surface area contributed by atoms with Crippen LogP contribution in [0.4, 0.5) is 5.69 Å². The van der Waals surface area contributed by atoms with Gasteiger partial charge in [-0.3, -0.25) is 9.78 Å². The minimum atomic E-state index is -0.173. The molecule has 0 saturated carbocycles. The predicted octanol–water partition coefficient (Wildman–Crippen LogP) is 4.05. The molecule has 1 heterocycles. The average molecular weight is 276 g/mol. The number of benzene rings is 2. The molecule has 0 atom stereocenters. The van der Waals surface area contributed by atoms with E-state index >= 15 is 0 Å². The molecule has 0 unspecified atom stereocenters. The summed E-state index contributed by atoms with van der Waals surface area (Å²) in [5.41, 5.74) is 2.42. The largest absolute Gasteiger partial charge is 0.320 e. The van der Waals surface area contributed by atoms with Crippen molar-refractivity contribution in [2.24, 2.45) is 0 Å². The van der Waals surface area contributed by atoms with Gasteiger partial charge >= 0.3 is 0 Å². The van der Waals surface area contributed by atoms with Crippen molar-refractivity contribution in [3.8, 4) is 0 Å². The number of carbonyl (C=O) groups excluding carboxylic acids is 1. The van der Waals surface area contributed by atoms with E-state index in [1.165, 1.54) is 0 Å². The van der Waals surface area contributed by atoms with Gasteiger partial charge in [-0.15, -0.1) is 0 Å². The molecule has 0 aliphatic rings. The first-order valence-electron chi connectivity index (χ1n) is 7.02. The van der Waals surface area contributed by atoms with E-state index in [-0.39, 0.29) is 5.91 Å². The average Bonchev–Trinajstić information content (AvgIpc) is 2.54. The van der Waals surface area contributed by atoms with E-state index in [4.69, 9.17) is 0 Å². The molecule has 1 N–H and O–H groups in total. The minimum Gasteiger partial charge on any atom is -0.320 e. The fraction of sp³-hybridized carbons (Fsp3) is 0.111. The number of amides is 1. The number of para-hydroxylation sites is 1. The molecule has 1 aromatic heterocycles. The number of anilines is 1. The number of pyridine rings is 1. The number of hydrogen-bond donors (Lipinski definition) is 1. The lowest BCUT2D eigenvalue weighted by Crippen LogP contribution is -2.15. The fourth-order valence-electron chi connectivity index (χ4n) is 2.43. The zero-order valence-corrected chi connectivity index (χ0v) is 11.8. The summed E-state index contributed by atoms with van der Waals surface area (Å²) in [6, 6.07) is 17.5. The number of nitrogens with zero attached hydrogens (tertiary/aromatic N) is 1. The Bertz CT molecular complexity index is 791. The minimum absolute atomic E-state index is 0.173. The van der Waals surface area contributed by atoms with Gasteiger partial charge in [0.25, 0.3) is 5.91 Å². The third kappa shape index (κ3) is 2.63. The van der Waals surface area contributed by atoms with Crippen molar-refractivity contribution in [1.29, 1.82) is 0 Å². The van der Waals surface area contributed by atoms with Gasteiger partial charge in [-0.1, -0.05) is 49.4 Å². The molecular weight excluding hydrogens is 260 g/mol. The number of fused-ring (bicyclic) bond motifs is 1. The molecule has 3 rings (SSSR count). The molecule has 0 bridgehead atoms. The topological polar surface area (TPSA) is 42.0 Å². The summed E-state index contributed by atoms with van der Waals surface area (Å²) < 4.78 is 0. The molecule has 0 fully saturated rings. The molecule has 2 aromatic carbocycles. The number of aryl methyl sites for hydroxylation is 1. The van der Waals surface area contributed by atoms with Crippen molar-refractivity contribution < 1.29 is 4.79 Å². The second-order valence-corrected chi connectivity index (χ2v) is 4.85. The van der Waals surface area contributed by atoms with Gasteiger partial charge in [0, 0.05) is 17.3 Å². The first kappa shape index (κ1) is 13.3. The summed E-state index contributed by atoms with van der Waals surface area (Å²) in [7, 11) is 0. The van der Waals surface area contributed by atoms with E-state index in [0.717, 1.165) is 28.4 Å². The molecule has 0 aliphatic carbocycles. The van der Waals surface area contributed by atoms with Gasteiger partial charge in [-0.25, -0.2) is 0 Å². The summed E-state index contributed by atoms with van der Waals surface area (Å²) in [4.78, 5) is 16.8. The van der Waals surface area contributed by atoms with Crippen LogP contribution in [0.25, 0.3) is 10.8 Å². The molecule has 0 aliphatic heterocycles. The lowest BCUT2D eigenvalue weighted by atomic mass is 10.1. The lowest BCUT2D eigenvalue weighted by molar-refractivity contribution is 0.102. The molecule has 0 saturated heterocycles. The quantitative estimate of drug-likeness (QED) is 0.784. The highest BCUT2D eigenvalue weighted by atomic mass is 16.1. The third-order valence-electron chi connectivity index (χ3n) is 3.54. The normalized spacial score (nSPS) is 10.5. The first-order valence-corrected chi connectivity index (χ1v) is 7.02. The number of nitrogens with one attached hydrogen (secondary N) is 1. The fourth-order valence-corrected chi connectivity index (χ4v) is 2.43. The van der Waals surface area contributed by atoms with E-state index in [1.54, 1.807) is 6.20 Å². The van der Waals surface area contributed by atoms with Crippen LogP contribution >= 0.6 is 0 Å². The first-order chi connectivity index (χ1) is 10.3. The summed E-state index contributed by atoms with van der Waals surface area (Å²) in [6.07, 6.45) is 2.54. The van der Waals surface area contributed by atoms with Crippen molar-refractivity contribution in [2.75, 3.05) is 5.32 Å². The van der Waals surface area contributed by atoms with Gasteiger partial charge in [-0.05, 0) is 29.5 Å². The monoisotopic (exact) mass is 276 g/mol. The van der Waals surface area contributed by atoms with Gasteiger partial charge in [0.15, 0.2) is 0 Å². The lowest BCUT2D eigenvalue weighted by Gasteiger charge is -2.10. The maximum atomic E-state index is 12.5. The molecule has 104 valence electrons. The zero-order valence-electron chi connectivity index (χ0n) is 11.8. The Hall–Kier alpha value is -2.68. The molecular formula is C18H16N2O. The van der Waals surface area contributed by atoms with Gasteiger partial charge < -0.3 is 5.32 Å². The van der Waals surface area contributed by atoms with Crippen LogP contribution in [0.3, 0.4) is 0 Å². The van der Waals surface area contributed by atoms with Gasteiger partial charge in [0.05, 0.1) is 0 Å². The number of rotatable bonds is 3. The molecule has 0 spiro atoms. The zero-order chi connectivity index (χ0) is 14.7. The highest BCUT2D eigenvalue weighted by molar-refractivity contribution is 6.11. The smallest absolute Gasteiger partial charge is 0.274 e. The van der Waals surface area contributed by atoms with E-state index < -0.39 is 0 Å². The second-order valence-electron chi connectivity index (χ2n) is 4.85. The van der Waals surface area contributed by atoms with E-state index in [0.29, 0.717) is 5.69 Å². The Morgan fingerprint density at radius 2 is 1.81 bits per heavy atom.